The Labute approximate surface area is 124 Å². The van der Waals surface area contributed by atoms with Gasteiger partial charge < -0.3 is 14.5 Å². The molecule has 0 aliphatic heterocycles. The average molecular weight is 315 g/mol. The highest BCUT2D eigenvalue weighted by molar-refractivity contribution is 7.80. The Morgan fingerprint density at radius 2 is 1.86 bits per heavy atom. The zero-order valence-electron chi connectivity index (χ0n) is 11.0. The molecule has 3 nitrogen and oxygen atoms in total. The van der Waals surface area contributed by atoms with E-state index in [0.717, 1.165) is 17.8 Å². The number of hydrogen-bond donors (Lipinski definition) is 1. The summed E-state index contributed by atoms with van der Waals surface area (Å²) in [6.07, 6.45) is -2.76. The summed E-state index contributed by atoms with van der Waals surface area (Å²) in [4.78, 5) is 2.93. The van der Waals surface area contributed by atoms with Crippen molar-refractivity contribution >= 4 is 17.3 Å². The number of hydrogen-bond acceptors (Lipinski definition) is 3. The minimum absolute atomic E-state index is 0.283. The van der Waals surface area contributed by atoms with E-state index in [-0.39, 0.29) is 6.61 Å². The number of ether oxygens (including phenoxy) is 2. The number of rotatable bonds is 4. The van der Waals surface area contributed by atoms with Gasteiger partial charge in [-0.05, 0) is 36.5 Å². The second-order valence-corrected chi connectivity index (χ2v) is 4.84. The average Bonchev–Trinajstić information content (AvgIpc) is 2.83. The van der Waals surface area contributed by atoms with Crippen molar-refractivity contribution in [3.63, 3.8) is 0 Å². The molecule has 2 rings (SSSR count). The van der Waals surface area contributed by atoms with Gasteiger partial charge >= 0.3 is 6.18 Å². The van der Waals surface area contributed by atoms with Crippen molar-refractivity contribution in [3.05, 3.63) is 47.8 Å². The molecule has 0 amide bonds. The van der Waals surface area contributed by atoms with Gasteiger partial charge in [-0.2, -0.15) is 13.2 Å². The lowest BCUT2D eigenvalue weighted by atomic mass is 10.2. The highest BCUT2D eigenvalue weighted by Gasteiger charge is 2.30. The van der Waals surface area contributed by atoms with Crippen LogP contribution in [-0.2, 0) is 17.5 Å². The number of halogens is 3. The molecule has 1 aromatic carbocycles. The topological polar surface area (TPSA) is 34.2 Å². The van der Waals surface area contributed by atoms with Crippen LogP contribution in [0.2, 0.25) is 0 Å². The summed E-state index contributed by atoms with van der Waals surface area (Å²) in [7, 11) is 0. The number of benzene rings is 1. The molecule has 0 fully saturated rings. The third kappa shape index (κ3) is 4.49. The molecule has 0 aliphatic carbocycles. The van der Waals surface area contributed by atoms with Crippen molar-refractivity contribution in [2.75, 3.05) is 0 Å². The van der Waals surface area contributed by atoms with Crippen molar-refractivity contribution in [1.29, 1.82) is 0 Å². The van der Waals surface area contributed by atoms with Gasteiger partial charge in [0.05, 0.1) is 11.3 Å². The van der Waals surface area contributed by atoms with Crippen molar-refractivity contribution in [2.24, 2.45) is 0 Å². The van der Waals surface area contributed by atoms with Crippen LogP contribution in [0, 0.1) is 0 Å². The van der Waals surface area contributed by atoms with Crippen LogP contribution in [0.25, 0.3) is 0 Å². The highest BCUT2D eigenvalue weighted by atomic mass is 32.1. The maximum absolute atomic E-state index is 12.4. The van der Waals surface area contributed by atoms with Crippen LogP contribution in [0.3, 0.4) is 0 Å². The Morgan fingerprint density at radius 1 is 1.19 bits per heavy atom. The quantitative estimate of drug-likeness (QED) is 0.831. The number of thiocarbonyl (C=S) groups is 1. The predicted molar refractivity (Wildman–Crippen MR) is 75.4 cm³/mol. The predicted octanol–water partition coefficient (Wildman–Crippen LogP) is 4.69. The molecule has 1 aromatic heterocycles. The molecule has 0 radical (unpaired) electrons. The summed E-state index contributed by atoms with van der Waals surface area (Å²) in [6.45, 7) is 1.95. The van der Waals surface area contributed by atoms with Gasteiger partial charge in [-0.1, -0.05) is 0 Å². The van der Waals surface area contributed by atoms with Crippen molar-refractivity contribution < 1.29 is 22.6 Å². The zero-order chi connectivity index (χ0) is 15.5. The zero-order valence-corrected chi connectivity index (χ0v) is 11.8. The second kappa shape index (κ2) is 6.17. The molecule has 0 aliphatic rings. The van der Waals surface area contributed by atoms with E-state index in [9.17, 15) is 13.2 Å². The SMILES string of the molecule is CC(=S)OCc1cc(Oc2ccc(C(F)(F)F)cc2)c[nH]1. The lowest BCUT2D eigenvalue weighted by Crippen LogP contribution is -2.03. The molecule has 112 valence electrons. The third-order valence-electron chi connectivity index (χ3n) is 2.56. The van der Waals surface area contributed by atoms with Crippen LogP contribution in [0.15, 0.2) is 36.5 Å². The van der Waals surface area contributed by atoms with Crippen molar-refractivity contribution in [3.8, 4) is 11.5 Å². The van der Waals surface area contributed by atoms with Crippen LogP contribution < -0.4 is 4.74 Å². The number of aromatic amines is 1. The standard InChI is InChI=1S/C14H12F3NO2S/c1-9(21)19-8-11-6-13(7-18-11)20-12-4-2-10(3-5-12)14(15,16)17/h2-7,18H,8H2,1H3. The minimum atomic E-state index is -4.35. The molecule has 2 aromatic rings. The van der Waals surface area contributed by atoms with Gasteiger partial charge in [0.1, 0.15) is 18.1 Å². The van der Waals surface area contributed by atoms with E-state index in [4.69, 9.17) is 21.7 Å². The Kier molecular flexibility index (Phi) is 4.52. The molecular weight excluding hydrogens is 303 g/mol. The first kappa shape index (κ1) is 15.4. The van der Waals surface area contributed by atoms with E-state index < -0.39 is 11.7 Å². The summed E-state index contributed by atoms with van der Waals surface area (Å²) in [5.74, 6) is 0.802. The smallest absolute Gasteiger partial charge is 0.416 e. The van der Waals surface area contributed by atoms with Gasteiger partial charge in [-0.15, -0.1) is 0 Å². The summed E-state index contributed by atoms with van der Waals surface area (Å²) >= 11 is 4.79. The first-order chi connectivity index (χ1) is 9.84. The van der Waals surface area contributed by atoms with Crippen LogP contribution in [0.1, 0.15) is 18.2 Å². The molecule has 0 unspecified atom stereocenters. The summed E-state index contributed by atoms with van der Waals surface area (Å²) in [5, 5.41) is 0.426. The fraction of sp³-hybridized carbons (Fsp3) is 0.214. The van der Waals surface area contributed by atoms with Crippen LogP contribution in [-0.4, -0.2) is 10.0 Å². The maximum atomic E-state index is 12.4. The van der Waals surface area contributed by atoms with Gasteiger partial charge in [0.15, 0.2) is 5.05 Å². The Balaban J connectivity index is 2.00. The van der Waals surface area contributed by atoms with E-state index in [1.165, 1.54) is 12.1 Å². The Morgan fingerprint density at radius 3 is 2.43 bits per heavy atom. The van der Waals surface area contributed by atoms with Crippen LogP contribution in [0.4, 0.5) is 13.2 Å². The monoisotopic (exact) mass is 315 g/mol. The van der Waals surface area contributed by atoms with Gasteiger partial charge in [-0.3, -0.25) is 0 Å². The normalized spacial score (nSPS) is 11.2. The fourth-order valence-corrected chi connectivity index (χ4v) is 1.65. The molecule has 21 heavy (non-hydrogen) atoms. The number of H-pyrrole nitrogens is 1. The largest absolute Gasteiger partial charge is 0.481 e. The molecule has 1 heterocycles. The van der Waals surface area contributed by atoms with Crippen LogP contribution in [0.5, 0.6) is 11.5 Å². The molecule has 0 bridgehead atoms. The minimum Gasteiger partial charge on any atom is -0.481 e. The van der Waals surface area contributed by atoms with Gasteiger partial charge in [-0.25, -0.2) is 0 Å². The number of nitrogens with one attached hydrogen (secondary N) is 1. The summed E-state index contributed by atoms with van der Waals surface area (Å²) < 4.78 is 47.9. The molecule has 0 atom stereocenters. The lowest BCUT2D eigenvalue weighted by molar-refractivity contribution is -0.137. The second-order valence-electron chi connectivity index (χ2n) is 4.27. The maximum Gasteiger partial charge on any atom is 0.416 e. The first-order valence-corrected chi connectivity index (χ1v) is 6.41. The van der Waals surface area contributed by atoms with Crippen molar-refractivity contribution in [2.45, 2.75) is 19.7 Å². The summed E-state index contributed by atoms with van der Waals surface area (Å²) in [6, 6.07) is 6.18. The number of aromatic nitrogens is 1. The van der Waals surface area contributed by atoms with Crippen molar-refractivity contribution in [1.82, 2.24) is 4.98 Å². The van der Waals surface area contributed by atoms with Gasteiger partial charge in [0.25, 0.3) is 0 Å². The third-order valence-corrected chi connectivity index (χ3v) is 2.68. The molecule has 0 spiro atoms. The molecule has 1 N–H and O–H groups in total. The van der Waals surface area contributed by atoms with E-state index in [2.05, 4.69) is 4.98 Å². The lowest BCUT2D eigenvalue weighted by Gasteiger charge is -2.07. The summed E-state index contributed by atoms with van der Waals surface area (Å²) in [5.41, 5.74) is 0.0376. The van der Waals surface area contributed by atoms with E-state index >= 15 is 0 Å². The van der Waals surface area contributed by atoms with E-state index in [1.807, 2.05) is 0 Å². The van der Waals surface area contributed by atoms with Gasteiger partial charge in [0.2, 0.25) is 0 Å². The fourth-order valence-electron chi connectivity index (χ4n) is 1.59. The molecule has 0 saturated heterocycles. The number of alkyl halides is 3. The highest BCUT2D eigenvalue weighted by Crippen LogP contribution is 2.31. The van der Waals surface area contributed by atoms with Crippen LogP contribution >= 0.6 is 12.2 Å². The Bertz CT molecular complexity index is 620. The van der Waals surface area contributed by atoms with E-state index in [1.54, 1.807) is 19.2 Å². The molecular formula is C14H12F3NO2S. The van der Waals surface area contributed by atoms with Gasteiger partial charge in [0, 0.05) is 19.2 Å². The van der Waals surface area contributed by atoms with E-state index in [0.29, 0.717) is 16.5 Å². The molecule has 7 heteroatoms. The Hall–Kier alpha value is -2.02. The first-order valence-electron chi connectivity index (χ1n) is 6.00. The molecule has 0 saturated carbocycles.